The zero-order valence-electron chi connectivity index (χ0n) is 10.1. The summed E-state index contributed by atoms with van der Waals surface area (Å²) in [6.45, 7) is 2.13. The standard InChI is InChI=1S/C12H20O3S2/c1-2-9-6-11-7-10(9)8-12(11)16-4-3-5-17(13,14)15/h2,10-12H,3-8H2,1H3,(H,13,14,15)/b9-2+/t10-,11+,12-/m1/s1. The van der Waals surface area contributed by atoms with Crippen molar-refractivity contribution in [2.24, 2.45) is 11.8 Å². The van der Waals surface area contributed by atoms with E-state index in [1.165, 1.54) is 19.3 Å². The molecular weight excluding hydrogens is 256 g/mol. The van der Waals surface area contributed by atoms with Crippen molar-refractivity contribution in [3.05, 3.63) is 11.6 Å². The highest BCUT2D eigenvalue weighted by atomic mass is 32.2. The molecule has 0 saturated heterocycles. The number of fused-ring (bicyclic) bond motifs is 2. The fourth-order valence-corrected chi connectivity index (χ4v) is 5.26. The third-order valence-electron chi connectivity index (χ3n) is 3.90. The number of rotatable bonds is 5. The Balaban J connectivity index is 1.70. The Bertz CT molecular complexity index is 400. The van der Waals surface area contributed by atoms with E-state index >= 15 is 0 Å². The number of hydrogen-bond donors (Lipinski definition) is 1. The normalized spacial score (nSPS) is 34.7. The van der Waals surface area contributed by atoms with Gasteiger partial charge in [-0.15, -0.1) is 0 Å². The van der Waals surface area contributed by atoms with Crippen LogP contribution in [0.4, 0.5) is 0 Å². The van der Waals surface area contributed by atoms with Crippen LogP contribution < -0.4 is 0 Å². The Kier molecular flexibility index (Phi) is 4.21. The van der Waals surface area contributed by atoms with Crippen LogP contribution >= 0.6 is 11.8 Å². The molecule has 0 aromatic rings. The first-order valence-electron chi connectivity index (χ1n) is 6.21. The lowest BCUT2D eigenvalue weighted by Gasteiger charge is -2.22. The second-order valence-corrected chi connectivity index (χ2v) is 7.96. The molecule has 2 fully saturated rings. The van der Waals surface area contributed by atoms with Crippen molar-refractivity contribution in [3.63, 3.8) is 0 Å². The maximum absolute atomic E-state index is 10.6. The molecule has 0 spiro atoms. The molecule has 3 atom stereocenters. The van der Waals surface area contributed by atoms with E-state index in [2.05, 4.69) is 13.0 Å². The minimum Gasteiger partial charge on any atom is -0.286 e. The molecule has 2 aliphatic carbocycles. The molecule has 17 heavy (non-hydrogen) atoms. The largest absolute Gasteiger partial charge is 0.286 e. The monoisotopic (exact) mass is 276 g/mol. The predicted molar refractivity (Wildman–Crippen MR) is 71.9 cm³/mol. The van der Waals surface area contributed by atoms with Gasteiger partial charge >= 0.3 is 0 Å². The van der Waals surface area contributed by atoms with Gasteiger partial charge in [-0.05, 0) is 50.2 Å². The second kappa shape index (κ2) is 5.33. The Morgan fingerprint density at radius 2 is 2.24 bits per heavy atom. The van der Waals surface area contributed by atoms with Gasteiger partial charge in [0.2, 0.25) is 0 Å². The third kappa shape index (κ3) is 3.48. The van der Waals surface area contributed by atoms with E-state index in [1.54, 1.807) is 5.57 Å². The van der Waals surface area contributed by atoms with Gasteiger partial charge in [-0.25, -0.2) is 0 Å². The van der Waals surface area contributed by atoms with Crippen molar-refractivity contribution in [2.75, 3.05) is 11.5 Å². The first-order valence-corrected chi connectivity index (χ1v) is 8.87. The van der Waals surface area contributed by atoms with E-state index in [1.807, 2.05) is 11.8 Å². The first kappa shape index (κ1) is 13.4. The van der Waals surface area contributed by atoms with Crippen LogP contribution in [0.5, 0.6) is 0 Å². The van der Waals surface area contributed by atoms with Gasteiger partial charge in [-0.2, -0.15) is 20.2 Å². The average molecular weight is 276 g/mol. The summed E-state index contributed by atoms with van der Waals surface area (Å²) in [4.78, 5) is 0. The molecule has 0 aliphatic heterocycles. The lowest BCUT2D eigenvalue weighted by atomic mass is 9.94. The Morgan fingerprint density at radius 3 is 2.76 bits per heavy atom. The molecular formula is C12H20O3S2. The Labute approximate surface area is 108 Å². The minimum atomic E-state index is -3.77. The van der Waals surface area contributed by atoms with Gasteiger partial charge in [0.15, 0.2) is 0 Å². The summed E-state index contributed by atoms with van der Waals surface area (Å²) in [6.07, 6.45) is 6.67. The summed E-state index contributed by atoms with van der Waals surface area (Å²) in [6, 6.07) is 0. The summed E-state index contributed by atoms with van der Waals surface area (Å²) in [7, 11) is -3.77. The van der Waals surface area contributed by atoms with Crippen LogP contribution in [0.3, 0.4) is 0 Å². The lowest BCUT2D eigenvalue weighted by Crippen LogP contribution is -2.15. The SMILES string of the molecule is C/C=C1\C[C@H]2C[C@@H]1C[C@H]2SCCCS(=O)(=O)O. The van der Waals surface area contributed by atoms with Crippen LogP contribution in [-0.2, 0) is 10.1 Å². The third-order valence-corrected chi connectivity index (χ3v) is 6.24. The Morgan fingerprint density at radius 1 is 1.47 bits per heavy atom. The molecule has 0 amide bonds. The molecule has 2 saturated carbocycles. The highest BCUT2D eigenvalue weighted by Crippen LogP contribution is 2.52. The summed E-state index contributed by atoms with van der Waals surface area (Å²) < 4.78 is 29.8. The van der Waals surface area contributed by atoms with Gasteiger partial charge in [0.25, 0.3) is 10.1 Å². The van der Waals surface area contributed by atoms with Crippen molar-refractivity contribution in [2.45, 2.75) is 37.9 Å². The van der Waals surface area contributed by atoms with Gasteiger partial charge in [-0.3, -0.25) is 4.55 Å². The van der Waals surface area contributed by atoms with E-state index < -0.39 is 10.1 Å². The van der Waals surface area contributed by atoms with Gasteiger partial charge in [0.05, 0.1) is 5.75 Å². The summed E-state index contributed by atoms with van der Waals surface area (Å²) in [5, 5.41) is 0.713. The number of allylic oxidation sites excluding steroid dienone is 2. The van der Waals surface area contributed by atoms with E-state index in [-0.39, 0.29) is 5.75 Å². The van der Waals surface area contributed by atoms with E-state index in [0.29, 0.717) is 11.7 Å². The van der Waals surface area contributed by atoms with Crippen LogP contribution in [0.25, 0.3) is 0 Å². The van der Waals surface area contributed by atoms with Crippen molar-refractivity contribution < 1.29 is 13.0 Å². The fourth-order valence-electron chi connectivity index (χ4n) is 3.11. The zero-order chi connectivity index (χ0) is 12.5. The van der Waals surface area contributed by atoms with E-state index in [9.17, 15) is 8.42 Å². The van der Waals surface area contributed by atoms with Gasteiger partial charge in [-0.1, -0.05) is 11.6 Å². The number of hydrogen-bond acceptors (Lipinski definition) is 3. The zero-order valence-corrected chi connectivity index (χ0v) is 11.8. The second-order valence-electron chi connectivity index (χ2n) is 5.04. The van der Waals surface area contributed by atoms with E-state index in [0.717, 1.165) is 17.6 Å². The van der Waals surface area contributed by atoms with Gasteiger partial charge in [0.1, 0.15) is 0 Å². The molecule has 2 rings (SSSR count). The topological polar surface area (TPSA) is 54.4 Å². The molecule has 0 aromatic carbocycles. The summed E-state index contributed by atoms with van der Waals surface area (Å²) >= 11 is 1.90. The highest BCUT2D eigenvalue weighted by molar-refractivity contribution is 7.99. The van der Waals surface area contributed by atoms with Gasteiger partial charge in [0, 0.05) is 5.25 Å². The predicted octanol–water partition coefficient (Wildman–Crippen LogP) is 2.74. The molecule has 2 bridgehead atoms. The smallest absolute Gasteiger partial charge is 0.264 e. The van der Waals surface area contributed by atoms with Crippen LogP contribution in [-0.4, -0.2) is 29.7 Å². The van der Waals surface area contributed by atoms with E-state index in [4.69, 9.17) is 4.55 Å². The van der Waals surface area contributed by atoms with Crippen molar-refractivity contribution >= 4 is 21.9 Å². The maximum atomic E-state index is 10.6. The number of thioether (sulfide) groups is 1. The molecule has 1 N–H and O–H groups in total. The maximum Gasteiger partial charge on any atom is 0.264 e. The molecule has 2 aliphatic rings. The average Bonchev–Trinajstić information content (AvgIpc) is 2.81. The van der Waals surface area contributed by atoms with Crippen LogP contribution in [0.1, 0.15) is 32.6 Å². The van der Waals surface area contributed by atoms with Crippen molar-refractivity contribution in [1.82, 2.24) is 0 Å². The molecule has 0 aromatic heterocycles. The van der Waals surface area contributed by atoms with Gasteiger partial charge < -0.3 is 0 Å². The minimum absolute atomic E-state index is 0.0963. The molecule has 0 radical (unpaired) electrons. The molecule has 5 heteroatoms. The van der Waals surface area contributed by atoms with Crippen LogP contribution in [0, 0.1) is 11.8 Å². The molecule has 98 valence electrons. The molecule has 0 unspecified atom stereocenters. The fraction of sp³-hybridized carbons (Fsp3) is 0.833. The molecule has 0 heterocycles. The van der Waals surface area contributed by atoms with Crippen LogP contribution in [0.15, 0.2) is 11.6 Å². The van der Waals surface area contributed by atoms with Crippen molar-refractivity contribution in [1.29, 1.82) is 0 Å². The summed E-state index contributed by atoms with van der Waals surface area (Å²) in [5.74, 6) is 2.35. The van der Waals surface area contributed by atoms with Crippen LogP contribution in [0.2, 0.25) is 0 Å². The Hall–Kier alpha value is -0.0000000000000000763. The summed E-state index contributed by atoms with van der Waals surface area (Å²) in [5.41, 5.74) is 1.63. The molecule has 3 nitrogen and oxygen atoms in total. The highest BCUT2D eigenvalue weighted by Gasteiger charge is 2.42. The quantitative estimate of drug-likeness (QED) is 0.476. The first-order chi connectivity index (χ1) is 7.99. The lowest BCUT2D eigenvalue weighted by molar-refractivity contribution is 0.482. The van der Waals surface area contributed by atoms with Crippen molar-refractivity contribution in [3.8, 4) is 0 Å².